The quantitative estimate of drug-likeness (QED) is 0.429. The van der Waals surface area contributed by atoms with Gasteiger partial charge in [0.15, 0.2) is 0 Å². The average molecular weight is 266 g/mol. The summed E-state index contributed by atoms with van der Waals surface area (Å²) in [6, 6.07) is 0. The molecule has 2 rings (SSSR count). The second-order valence-electron chi connectivity index (χ2n) is 5.72. The predicted octanol–water partition coefficient (Wildman–Crippen LogP) is 3.97. The molecule has 108 valence electrons. The topological polar surface area (TPSA) is 35.5 Å². The molecule has 0 unspecified atom stereocenters. The third kappa shape index (κ3) is 3.74. The Hall–Kier alpha value is -0.990. The molecule has 2 aliphatic rings. The highest BCUT2D eigenvalue weighted by molar-refractivity contribution is 5.88. The fourth-order valence-electron chi connectivity index (χ4n) is 3.22. The first-order valence-electron chi connectivity index (χ1n) is 7.77. The molecule has 0 heterocycles. The maximum Gasteiger partial charge on any atom is 0.337 e. The number of carbonyl (C=O) groups is 1. The summed E-state index contributed by atoms with van der Waals surface area (Å²) in [5.74, 6) is 1.15. The Morgan fingerprint density at radius 1 is 1.05 bits per heavy atom. The normalized spacial score (nSPS) is 22.4. The van der Waals surface area contributed by atoms with E-state index in [9.17, 15) is 4.79 Å². The Kier molecular flexibility index (Phi) is 5.29. The van der Waals surface area contributed by atoms with Crippen molar-refractivity contribution >= 4 is 5.97 Å². The summed E-state index contributed by atoms with van der Waals surface area (Å²) in [4.78, 5) is 12.2. The van der Waals surface area contributed by atoms with Crippen LogP contribution >= 0.6 is 0 Å². The molecular weight excluding hydrogens is 240 g/mol. The van der Waals surface area contributed by atoms with Crippen LogP contribution in [0.4, 0.5) is 0 Å². The number of rotatable bonds is 5. The van der Waals surface area contributed by atoms with Crippen LogP contribution in [-0.4, -0.2) is 18.7 Å². The van der Waals surface area contributed by atoms with E-state index in [0.29, 0.717) is 18.1 Å². The summed E-state index contributed by atoms with van der Waals surface area (Å²) in [6.07, 6.45) is 9.31. The number of ether oxygens (including phenoxy) is 2. The van der Waals surface area contributed by atoms with Gasteiger partial charge < -0.3 is 9.47 Å². The van der Waals surface area contributed by atoms with Gasteiger partial charge in [-0.25, -0.2) is 4.79 Å². The molecule has 0 spiro atoms. The van der Waals surface area contributed by atoms with Crippen molar-refractivity contribution in [3.8, 4) is 0 Å². The number of hydrogen-bond donors (Lipinski definition) is 0. The summed E-state index contributed by atoms with van der Waals surface area (Å²) in [5.41, 5.74) is 0.695. The van der Waals surface area contributed by atoms with Gasteiger partial charge in [0.2, 0.25) is 0 Å². The molecule has 0 aromatic heterocycles. The lowest BCUT2D eigenvalue weighted by atomic mass is 10.0. The van der Waals surface area contributed by atoms with Crippen molar-refractivity contribution in [2.24, 2.45) is 5.92 Å². The van der Waals surface area contributed by atoms with E-state index in [1.807, 2.05) is 13.8 Å². The molecule has 0 atom stereocenters. The fourth-order valence-corrected chi connectivity index (χ4v) is 3.22. The molecule has 19 heavy (non-hydrogen) atoms. The minimum atomic E-state index is -0.165. The lowest BCUT2D eigenvalue weighted by molar-refractivity contribution is -0.144. The molecule has 0 radical (unpaired) electrons. The largest absolute Gasteiger partial charge is 0.497 e. The van der Waals surface area contributed by atoms with Crippen molar-refractivity contribution in [1.29, 1.82) is 0 Å². The van der Waals surface area contributed by atoms with Crippen LogP contribution in [0.25, 0.3) is 0 Å². The van der Waals surface area contributed by atoms with E-state index >= 15 is 0 Å². The first-order valence-corrected chi connectivity index (χ1v) is 7.77. The minimum absolute atomic E-state index is 0.133. The van der Waals surface area contributed by atoms with Crippen LogP contribution in [0.3, 0.4) is 0 Å². The molecule has 0 saturated heterocycles. The first-order chi connectivity index (χ1) is 9.22. The molecule has 0 amide bonds. The smallest absolute Gasteiger partial charge is 0.337 e. The second kappa shape index (κ2) is 6.97. The van der Waals surface area contributed by atoms with Crippen molar-refractivity contribution < 1.29 is 14.3 Å². The molecule has 2 aliphatic carbocycles. The van der Waals surface area contributed by atoms with Crippen LogP contribution in [0.15, 0.2) is 11.3 Å². The van der Waals surface area contributed by atoms with E-state index in [4.69, 9.17) is 9.47 Å². The van der Waals surface area contributed by atoms with Gasteiger partial charge in [0.05, 0.1) is 12.2 Å². The molecule has 3 nitrogen and oxygen atoms in total. The zero-order valence-corrected chi connectivity index (χ0v) is 12.2. The molecule has 2 saturated carbocycles. The molecule has 0 aromatic rings. The zero-order chi connectivity index (χ0) is 13.7. The van der Waals surface area contributed by atoms with Crippen LogP contribution in [0.5, 0.6) is 0 Å². The van der Waals surface area contributed by atoms with Gasteiger partial charge in [0.1, 0.15) is 11.9 Å². The highest BCUT2D eigenvalue weighted by atomic mass is 16.5. The molecule has 0 aromatic carbocycles. The highest BCUT2D eigenvalue weighted by Gasteiger charge is 2.27. The monoisotopic (exact) mass is 266 g/mol. The number of esters is 1. The van der Waals surface area contributed by atoms with Gasteiger partial charge in [-0.15, -0.1) is 0 Å². The van der Waals surface area contributed by atoms with Crippen molar-refractivity contribution in [2.45, 2.75) is 71.3 Å². The summed E-state index contributed by atoms with van der Waals surface area (Å²) in [7, 11) is 0. The van der Waals surface area contributed by atoms with Crippen LogP contribution in [0, 0.1) is 5.92 Å². The Morgan fingerprint density at radius 3 is 2.21 bits per heavy atom. The van der Waals surface area contributed by atoms with Crippen LogP contribution < -0.4 is 0 Å². The third-order valence-corrected chi connectivity index (χ3v) is 4.28. The Bertz CT molecular complexity index is 334. The number of hydrogen-bond acceptors (Lipinski definition) is 3. The molecular formula is C16H26O3. The van der Waals surface area contributed by atoms with Gasteiger partial charge in [0.25, 0.3) is 0 Å². The van der Waals surface area contributed by atoms with Gasteiger partial charge in [-0.1, -0.05) is 12.8 Å². The Morgan fingerprint density at radius 2 is 1.63 bits per heavy atom. The van der Waals surface area contributed by atoms with Crippen LogP contribution in [0.1, 0.15) is 65.2 Å². The van der Waals surface area contributed by atoms with Crippen molar-refractivity contribution in [2.75, 3.05) is 6.61 Å². The standard InChI is InChI=1S/C16H26O3/c1-3-18-15(13-8-4-5-9-13)12(2)16(17)19-14-10-6-7-11-14/h13-14H,3-11H2,1-2H3. The SMILES string of the molecule is CCOC(=C(C)C(=O)OC1CCCC1)C1CCCC1. The zero-order valence-electron chi connectivity index (χ0n) is 12.2. The number of carbonyl (C=O) groups excluding carboxylic acids is 1. The summed E-state index contributed by atoms with van der Waals surface area (Å²) >= 11 is 0. The number of allylic oxidation sites excluding steroid dienone is 1. The van der Waals surface area contributed by atoms with E-state index in [1.54, 1.807) is 0 Å². The van der Waals surface area contributed by atoms with Crippen molar-refractivity contribution in [3.63, 3.8) is 0 Å². The lowest BCUT2D eigenvalue weighted by Crippen LogP contribution is -2.18. The van der Waals surface area contributed by atoms with Crippen LogP contribution in [0.2, 0.25) is 0 Å². The van der Waals surface area contributed by atoms with Gasteiger partial charge in [-0.05, 0) is 52.4 Å². The van der Waals surface area contributed by atoms with E-state index in [0.717, 1.165) is 31.4 Å². The molecule has 2 fully saturated rings. The Labute approximate surface area is 116 Å². The van der Waals surface area contributed by atoms with E-state index in [1.165, 1.54) is 25.7 Å². The third-order valence-electron chi connectivity index (χ3n) is 4.28. The minimum Gasteiger partial charge on any atom is -0.497 e. The predicted molar refractivity (Wildman–Crippen MR) is 74.6 cm³/mol. The van der Waals surface area contributed by atoms with E-state index in [2.05, 4.69) is 0 Å². The van der Waals surface area contributed by atoms with E-state index < -0.39 is 0 Å². The van der Waals surface area contributed by atoms with Gasteiger partial charge in [-0.2, -0.15) is 0 Å². The summed E-state index contributed by atoms with van der Waals surface area (Å²) in [6.45, 7) is 4.46. The molecule has 0 aliphatic heterocycles. The first kappa shape index (κ1) is 14.4. The van der Waals surface area contributed by atoms with Gasteiger partial charge in [0, 0.05) is 5.92 Å². The van der Waals surface area contributed by atoms with Crippen LogP contribution in [-0.2, 0) is 14.3 Å². The van der Waals surface area contributed by atoms with Crippen molar-refractivity contribution in [3.05, 3.63) is 11.3 Å². The van der Waals surface area contributed by atoms with Gasteiger partial charge >= 0.3 is 5.97 Å². The average Bonchev–Trinajstić information content (AvgIpc) is 3.07. The maximum absolute atomic E-state index is 12.2. The summed E-state index contributed by atoms with van der Waals surface area (Å²) < 4.78 is 11.3. The highest BCUT2D eigenvalue weighted by Crippen LogP contribution is 2.34. The molecule has 3 heteroatoms. The van der Waals surface area contributed by atoms with Gasteiger partial charge in [-0.3, -0.25) is 0 Å². The molecule has 0 bridgehead atoms. The Balaban J connectivity index is 2.03. The fraction of sp³-hybridized carbons (Fsp3) is 0.812. The molecule has 0 N–H and O–H groups in total. The van der Waals surface area contributed by atoms with Crippen molar-refractivity contribution in [1.82, 2.24) is 0 Å². The second-order valence-corrected chi connectivity index (χ2v) is 5.72. The maximum atomic E-state index is 12.2. The summed E-state index contributed by atoms with van der Waals surface area (Å²) in [5, 5.41) is 0. The van der Waals surface area contributed by atoms with E-state index in [-0.39, 0.29) is 12.1 Å². The lowest BCUT2D eigenvalue weighted by Gasteiger charge is -2.19.